The number of rotatable bonds is 8. The molecule has 2 heterocycles. The van der Waals surface area contributed by atoms with Crippen molar-refractivity contribution >= 4 is 5.96 Å². The Kier molecular flexibility index (Phi) is 8.11. The van der Waals surface area contributed by atoms with Crippen LogP contribution in [0.15, 0.2) is 41.7 Å². The Hall–Kier alpha value is -2.34. The Morgan fingerprint density at radius 3 is 2.86 bits per heavy atom. The van der Waals surface area contributed by atoms with Gasteiger partial charge in [-0.25, -0.2) is 4.98 Å². The number of aliphatic imine (C=N–C) groups is 1. The molecule has 0 saturated carbocycles. The number of aryl methyl sites for hydroxylation is 1. The molecule has 1 aliphatic rings. The van der Waals surface area contributed by atoms with Crippen molar-refractivity contribution in [3.05, 3.63) is 53.6 Å². The smallest absolute Gasteiger partial charge is 0.191 e. The Bertz CT molecular complexity index is 781. The maximum atomic E-state index is 4.38. The Morgan fingerprint density at radius 1 is 1.24 bits per heavy atom. The summed E-state index contributed by atoms with van der Waals surface area (Å²) >= 11 is 0. The SMILES string of the molecule is CCC1CCCCN1CCNC(=NC)NCc1cccc(Cn2ccnc2C)c1. The molecule has 0 radical (unpaired) electrons. The number of guanidine groups is 1. The lowest BCUT2D eigenvalue weighted by Gasteiger charge is -2.35. The second-order valence-corrected chi connectivity index (χ2v) is 7.87. The molecular formula is C23H36N6. The summed E-state index contributed by atoms with van der Waals surface area (Å²) in [7, 11) is 1.84. The second-order valence-electron chi connectivity index (χ2n) is 7.87. The van der Waals surface area contributed by atoms with Gasteiger partial charge < -0.3 is 15.2 Å². The maximum Gasteiger partial charge on any atom is 0.191 e. The Morgan fingerprint density at radius 2 is 2.10 bits per heavy atom. The first kappa shape index (κ1) is 21.4. The predicted molar refractivity (Wildman–Crippen MR) is 120 cm³/mol. The molecule has 6 heteroatoms. The van der Waals surface area contributed by atoms with Gasteiger partial charge in [0, 0.05) is 51.7 Å². The van der Waals surface area contributed by atoms with E-state index in [1.54, 1.807) is 0 Å². The molecule has 2 N–H and O–H groups in total. The molecule has 1 aliphatic heterocycles. The molecule has 1 aromatic carbocycles. The molecular weight excluding hydrogens is 360 g/mol. The zero-order chi connectivity index (χ0) is 20.5. The maximum absolute atomic E-state index is 4.38. The van der Waals surface area contributed by atoms with Crippen LogP contribution in [-0.4, -0.2) is 53.1 Å². The van der Waals surface area contributed by atoms with Crippen LogP contribution in [0.4, 0.5) is 0 Å². The van der Waals surface area contributed by atoms with Gasteiger partial charge in [0.25, 0.3) is 0 Å². The van der Waals surface area contributed by atoms with Crippen molar-refractivity contribution in [1.82, 2.24) is 25.1 Å². The van der Waals surface area contributed by atoms with Crippen LogP contribution in [0.1, 0.15) is 49.6 Å². The molecule has 0 aliphatic carbocycles. The van der Waals surface area contributed by atoms with E-state index < -0.39 is 0 Å². The summed E-state index contributed by atoms with van der Waals surface area (Å²) in [4.78, 5) is 11.3. The Labute approximate surface area is 175 Å². The fraction of sp³-hybridized carbons (Fsp3) is 0.565. The second kappa shape index (κ2) is 11.0. The number of nitrogens with one attached hydrogen (secondary N) is 2. The molecule has 158 valence electrons. The summed E-state index contributed by atoms with van der Waals surface area (Å²) in [6.07, 6.45) is 9.18. The van der Waals surface area contributed by atoms with Gasteiger partial charge in [0.15, 0.2) is 5.96 Å². The number of aromatic nitrogens is 2. The van der Waals surface area contributed by atoms with Gasteiger partial charge >= 0.3 is 0 Å². The van der Waals surface area contributed by atoms with Crippen molar-refractivity contribution in [2.24, 2.45) is 4.99 Å². The number of hydrogen-bond donors (Lipinski definition) is 2. The minimum Gasteiger partial charge on any atom is -0.355 e. The summed E-state index contributed by atoms with van der Waals surface area (Å²) in [6.45, 7) is 9.19. The molecule has 1 aromatic heterocycles. The van der Waals surface area contributed by atoms with Gasteiger partial charge in [-0.3, -0.25) is 9.89 Å². The van der Waals surface area contributed by atoms with Crippen LogP contribution >= 0.6 is 0 Å². The number of piperidine rings is 1. The van der Waals surface area contributed by atoms with Crippen molar-refractivity contribution in [2.45, 2.75) is 58.7 Å². The minimum absolute atomic E-state index is 0.752. The van der Waals surface area contributed by atoms with Crippen LogP contribution in [0.5, 0.6) is 0 Å². The molecule has 0 amide bonds. The third-order valence-electron chi connectivity index (χ3n) is 5.86. The van der Waals surface area contributed by atoms with E-state index in [0.29, 0.717) is 0 Å². The van der Waals surface area contributed by atoms with Crippen molar-refractivity contribution < 1.29 is 0 Å². The number of hydrogen-bond acceptors (Lipinski definition) is 3. The fourth-order valence-corrected chi connectivity index (χ4v) is 4.15. The minimum atomic E-state index is 0.752. The standard InChI is InChI=1S/C23H36N6/c1-4-22-10-5-6-13-28(22)14-12-26-23(24-3)27-17-20-8-7-9-21(16-20)18-29-15-11-25-19(29)2/h7-9,11,15-16,22H,4-6,10,12-14,17-18H2,1-3H3,(H2,24,26,27). The molecule has 0 bridgehead atoms. The van der Waals surface area contributed by atoms with E-state index in [2.05, 4.69) is 61.3 Å². The highest BCUT2D eigenvalue weighted by atomic mass is 15.2. The van der Waals surface area contributed by atoms with E-state index in [4.69, 9.17) is 0 Å². The van der Waals surface area contributed by atoms with E-state index in [1.165, 1.54) is 43.4 Å². The molecule has 6 nitrogen and oxygen atoms in total. The molecule has 1 fully saturated rings. The van der Waals surface area contributed by atoms with E-state index in [-0.39, 0.29) is 0 Å². The van der Waals surface area contributed by atoms with Crippen molar-refractivity contribution in [3.63, 3.8) is 0 Å². The van der Waals surface area contributed by atoms with Gasteiger partial charge in [-0.2, -0.15) is 0 Å². The lowest BCUT2D eigenvalue weighted by atomic mass is 10.0. The first-order valence-corrected chi connectivity index (χ1v) is 10.9. The largest absolute Gasteiger partial charge is 0.355 e. The normalized spacial score (nSPS) is 18.0. The van der Waals surface area contributed by atoms with Crippen LogP contribution in [0.3, 0.4) is 0 Å². The van der Waals surface area contributed by atoms with Gasteiger partial charge in [0.2, 0.25) is 0 Å². The molecule has 1 unspecified atom stereocenters. The first-order valence-electron chi connectivity index (χ1n) is 10.9. The summed E-state index contributed by atoms with van der Waals surface area (Å²) in [5.74, 6) is 1.91. The average Bonchev–Trinajstić information content (AvgIpc) is 3.15. The fourth-order valence-electron chi connectivity index (χ4n) is 4.15. The third-order valence-corrected chi connectivity index (χ3v) is 5.86. The molecule has 1 saturated heterocycles. The third kappa shape index (κ3) is 6.32. The van der Waals surface area contributed by atoms with Crippen LogP contribution in [0.2, 0.25) is 0 Å². The summed E-state index contributed by atoms with van der Waals surface area (Å²) < 4.78 is 2.16. The lowest BCUT2D eigenvalue weighted by Crippen LogP contribution is -2.45. The van der Waals surface area contributed by atoms with Crippen LogP contribution in [-0.2, 0) is 13.1 Å². The number of imidazole rings is 1. The molecule has 1 atom stereocenters. The zero-order valence-electron chi connectivity index (χ0n) is 18.2. The molecule has 3 rings (SSSR count). The van der Waals surface area contributed by atoms with E-state index in [9.17, 15) is 0 Å². The lowest BCUT2D eigenvalue weighted by molar-refractivity contribution is 0.147. The number of benzene rings is 1. The van der Waals surface area contributed by atoms with Crippen LogP contribution in [0.25, 0.3) is 0 Å². The zero-order valence-corrected chi connectivity index (χ0v) is 18.2. The summed E-state index contributed by atoms with van der Waals surface area (Å²) in [6, 6.07) is 9.44. The van der Waals surface area contributed by atoms with Gasteiger partial charge in [-0.1, -0.05) is 37.6 Å². The van der Waals surface area contributed by atoms with Gasteiger partial charge in [0.1, 0.15) is 5.82 Å². The van der Waals surface area contributed by atoms with Crippen molar-refractivity contribution in [3.8, 4) is 0 Å². The van der Waals surface area contributed by atoms with Crippen LogP contribution in [0, 0.1) is 6.92 Å². The van der Waals surface area contributed by atoms with Gasteiger partial charge in [0.05, 0.1) is 0 Å². The van der Waals surface area contributed by atoms with Crippen molar-refractivity contribution in [2.75, 3.05) is 26.7 Å². The topological polar surface area (TPSA) is 57.5 Å². The predicted octanol–water partition coefficient (Wildman–Crippen LogP) is 3.17. The number of nitrogens with zero attached hydrogens (tertiary/aromatic N) is 4. The summed E-state index contributed by atoms with van der Waals surface area (Å²) in [5.41, 5.74) is 2.54. The molecule has 0 spiro atoms. The monoisotopic (exact) mass is 396 g/mol. The van der Waals surface area contributed by atoms with E-state index in [0.717, 1.165) is 44.0 Å². The summed E-state index contributed by atoms with van der Waals surface area (Å²) in [5, 5.41) is 6.92. The first-order chi connectivity index (χ1) is 14.2. The van der Waals surface area contributed by atoms with Gasteiger partial charge in [-0.05, 0) is 43.9 Å². The molecule has 2 aromatic rings. The highest BCUT2D eigenvalue weighted by Crippen LogP contribution is 2.18. The van der Waals surface area contributed by atoms with Crippen molar-refractivity contribution in [1.29, 1.82) is 0 Å². The average molecular weight is 397 g/mol. The number of likely N-dealkylation sites (tertiary alicyclic amines) is 1. The Balaban J connectivity index is 1.45. The van der Waals surface area contributed by atoms with Crippen LogP contribution < -0.4 is 10.6 Å². The van der Waals surface area contributed by atoms with Gasteiger partial charge in [-0.15, -0.1) is 0 Å². The molecule has 29 heavy (non-hydrogen) atoms. The van der Waals surface area contributed by atoms with E-state index >= 15 is 0 Å². The highest BCUT2D eigenvalue weighted by molar-refractivity contribution is 5.79. The quantitative estimate of drug-likeness (QED) is 0.532. The van der Waals surface area contributed by atoms with E-state index in [1.807, 2.05) is 26.4 Å². The highest BCUT2D eigenvalue weighted by Gasteiger charge is 2.19.